The number of rotatable bonds is 7. The van der Waals surface area contributed by atoms with Crippen molar-refractivity contribution in [3.63, 3.8) is 0 Å². The van der Waals surface area contributed by atoms with Crippen LogP contribution in [-0.4, -0.2) is 46.9 Å². The van der Waals surface area contributed by atoms with Gasteiger partial charge in [-0.15, -0.1) is 0 Å². The number of nitrogens with zero attached hydrogens (tertiary/aromatic N) is 1. The molecule has 3 aromatic carbocycles. The first-order chi connectivity index (χ1) is 15.9. The summed E-state index contributed by atoms with van der Waals surface area (Å²) in [6.07, 6.45) is -0.762. The lowest BCUT2D eigenvalue weighted by molar-refractivity contribution is -0.142. The van der Waals surface area contributed by atoms with Crippen LogP contribution in [0.3, 0.4) is 0 Å². The van der Waals surface area contributed by atoms with Crippen LogP contribution in [0.15, 0.2) is 66.7 Å². The molecule has 1 aliphatic rings. The monoisotopic (exact) mass is 447 g/mol. The maximum atomic E-state index is 13.0. The van der Waals surface area contributed by atoms with Crippen LogP contribution in [-0.2, 0) is 16.1 Å². The van der Waals surface area contributed by atoms with Crippen molar-refractivity contribution in [1.82, 2.24) is 4.90 Å². The number of carbonyl (C=O) groups excluding carboxylic acids is 1. The van der Waals surface area contributed by atoms with E-state index >= 15 is 0 Å². The molecule has 0 unspecified atom stereocenters. The molecule has 170 valence electrons. The molecule has 0 aliphatic heterocycles. The average Bonchev–Trinajstić information content (AvgIpc) is 3.15. The van der Waals surface area contributed by atoms with E-state index in [1.165, 1.54) is 20.1 Å². The van der Waals surface area contributed by atoms with Gasteiger partial charge in [0.25, 0.3) is 0 Å². The van der Waals surface area contributed by atoms with Crippen molar-refractivity contribution in [2.45, 2.75) is 25.4 Å². The Hall–Kier alpha value is -4.00. The third-order valence-electron chi connectivity index (χ3n) is 6.03. The van der Waals surface area contributed by atoms with E-state index in [9.17, 15) is 19.8 Å². The zero-order chi connectivity index (χ0) is 23.5. The average molecular weight is 447 g/mol. The van der Waals surface area contributed by atoms with Gasteiger partial charge in [0.1, 0.15) is 24.1 Å². The number of benzene rings is 3. The van der Waals surface area contributed by atoms with E-state index in [1.54, 1.807) is 12.1 Å². The molecule has 4 rings (SSSR count). The van der Waals surface area contributed by atoms with Gasteiger partial charge in [0.05, 0.1) is 13.7 Å². The maximum Gasteiger partial charge on any atom is 0.410 e. The number of hydrogen-bond donors (Lipinski definition) is 2. The summed E-state index contributed by atoms with van der Waals surface area (Å²) < 4.78 is 10.7. The molecule has 0 saturated carbocycles. The Bertz CT molecular complexity index is 1150. The molecule has 33 heavy (non-hydrogen) atoms. The van der Waals surface area contributed by atoms with Crippen molar-refractivity contribution in [3.8, 4) is 22.6 Å². The minimum Gasteiger partial charge on any atom is -0.507 e. The number of carbonyl (C=O) groups is 2. The molecule has 1 amide bonds. The Morgan fingerprint density at radius 2 is 1.61 bits per heavy atom. The molecule has 1 atom stereocenters. The molecule has 3 aromatic rings. The number of ether oxygens (including phenoxy) is 2. The number of aromatic hydroxyl groups is 1. The number of aliphatic carboxylic acids is 1. The minimum atomic E-state index is -1.17. The topological polar surface area (TPSA) is 96.3 Å². The van der Waals surface area contributed by atoms with E-state index in [4.69, 9.17) is 9.47 Å². The van der Waals surface area contributed by atoms with Crippen LogP contribution < -0.4 is 4.74 Å². The van der Waals surface area contributed by atoms with E-state index in [-0.39, 0.29) is 24.8 Å². The first-order valence-corrected chi connectivity index (χ1v) is 10.6. The van der Waals surface area contributed by atoms with Gasteiger partial charge in [-0.1, -0.05) is 48.5 Å². The third kappa shape index (κ3) is 4.35. The summed E-state index contributed by atoms with van der Waals surface area (Å²) in [5, 5.41) is 19.8. The summed E-state index contributed by atoms with van der Waals surface area (Å²) in [6, 6.07) is 19.4. The van der Waals surface area contributed by atoms with Gasteiger partial charge in [-0.2, -0.15) is 0 Å². The number of carboxylic acids is 1. The van der Waals surface area contributed by atoms with Crippen molar-refractivity contribution in [1.29, 1.82) is 0 Å². The number of phenols is 1. The molecule has 0 fully saturated rings. The summed E-state index contributed by atoms with van der Waals surface area (Å²) in [5.41, 5.74) is 4.73. The van der Waals surface area contributed by atoms with Gasteiger partial charge in [0.2, 0.25) is 0 Å². The third-order valence-corrected chi connectivity index (χ3v) is 6.03. The molecule has 0 aromatic heterocycles. The molecule has 1 aliphatic carbocycles. The van der Waals surface area contributed by atoms with Crippen LogP contribution in [0.4, 0.5) is 4.79 Å². The zero-order valence-electron chi connectivity index (χ0n) is 18.4. The fourth-order valence-corrected chi connectivity index (χ4v) is 4.16. The van der Waals surface area contributed by atoms with Crippen molar-refractivity contribution in [3.05, 3.63) is 83.4 Å². The quantitative estimate of drug-likeness (QED) is 0.548. The second kappa shape index (κ2) is 9.24. The summed E-state index contributed by atoms with van der Waals surface area (Å²) in [4.78, 5) is 25.8. The number of carboxylic acid groups (broad SMARTS) is 1. The highest BCUT2D eigenvalue weighted by atomic mass is 16.6. The molecule has 0 radical (unpaired) electrons. The molecule has 2 N–H and O–H groups in total. The van der Waals surface area contributed by atoms with Crippen LogP contribution in [0.5, 0.6) is 11.5 Å². The van der Waals surface area contributed by atoms with Gasteiger partial charge in [0.15, 0.2) is 0 Å². The van der Waals surface area contributed by atoms with Crippen LogP contribution in [0.1, 0.15) is 29.5 Å². The van der Waals surface area contributed by atoms with E-state index in [1.807, 2.05) is 48.5 Å². The largest absolute Gasteiger partial charge is 0.507 e. The van der Waals surface area contributed by atoms with Gasteiger partial charge in [-0.25, -0.2) is 9.59 Å². The maximum absolute atomic E-state index is 13.0. The predicted octanol–water partition coefficient (Wildman–Crippen LogP) is 4.63. The molecular formula is C26H25NO6. The molecule has 0 bridgehead atoms. The van der Waals surface area contributed by atoms with E-state index in [0.717, 1.165) is 27.2 Å². The van der Waals surface area contributed by atoms with E-state index in [0.29, 0.717) is 11.3 Å². The van der Waals surface area contributed by atoms with Crippen LogP contribution in [0.25, 0.3) is 11.1 Å². The number of hydrogen-bond acceptors (Lipinski definition) is 5. The lowest BCUT2D eigenvalue weighted by atomic mass is 9.98. The second-order valence-corrected chi connectivity index (χ2v) is 7.94. The Labute approximate surface area is 191 Å². The number of fused-ring (bicyclic) bond motifs is 3. The Balaban J connectivity index is 1.55. The molecule has 0 heterocycles. The van der Waals surface area contributed by atoms with Crippen molar-refractivity contribution >= 4 is 12.1 Å². The van der Waals surface area contributed by atoms with Crippen LogP contribution in [0.2, 0.25) is 0 Å². The van der Waals surface area contributed by atoms with E-state index in [2.05, 4.69) is 0 Å². The molecule has 7 nitrogen and oxygen atoms in total. The van der Waals surface area contributed by atoms with Gasteiger partial charge < -0.3 is 19.7 Å². The number of phenolic OH excluding ortho intramolecular Hbond substituents is 1. The van der Waals surface area contributed by atoms with Crippen molar-refractivity contribution < 1.29 is 29.3 Å². The Kier molecular flexibility index (Phi) is 6.22. The van der Waals surface area contributed by atoms with Gasteiger partial charge >= 0.3 is 12.1 Å². The van der Waals surface area contributed by atoms with Crippen LogP contribution in [0, 0.1) is 0 Å². The van der Waals surface area contributed by atoms with Gasteiger partial charge in [0, 0.05) is 17.5 Å². The molecule has 0 saturated heterocycles. The molecule has 7 heteroatoms. The summed E-state index contributed by atoms with van der Waals surface area (Å²) in [7, 11) is 1.48. The Morgan fingerprint density at radius 1 is 1.00 bits per heavy atom. The smallest absolute Gasteiger partial charge is 0.410 e. The first-order valence-electron chi connectivity index (χ1n) is 10.6. The number of amides is 1. The molecular weight excluding hydrogens is 422 g/mol. The van der Waals surface area contributed by atoms with Crippen LogP contribution >= 0.6 is 0 Å². The minimum absolute atomic E-state index is 0.0737. The second-order valence-electron chi connectivity index (χ2n) is 7.94. The standard InChI is InChI=1S/C26H25NO6/c1-16(25(29)30)27(14-17-11-12-18(32-2)13-24(17)28)26(31)33-15-23-21-9-5-3-7-19(21)20-8-4-6-10-22(20)23/h3-13,16,23,28H,14-15H2,1-2H3,(H,29,30)/t16-/m0/s1. The van der Waals surface area contributed by atoms with Crippen molar-refractivity contribution in [2.75, 3.05) is 13.7 Å². The lowest BCUT2D eigenvalue weighted by Gasteiger charge is -2.27. The SMILES string of the molecule is COc1ccc(CN(C(=O)OCC2c3ccccc3-c3ccccc32)[C@@H](C)C(=O)O)c(O)c1. The highest BCUT2D eigenvalue weighted by molar-refractivity contribution is 5.81. The fraction of sp³-hybridized carbons (Fsp3) is 0.231. The molecule has 0 spiro atoms. The summed E-state index contributed by atoms with van der Waals surface area (Å²) in [5.74, 6) is -0.951. The zero-order valence-corrected chi connectivity index (χ0v) is 18.4. The van der Waals surface area contributed by atoms with Crippen molar-refractivity contribution in [2.24, 2.45) is 0 Å². The van der Waals surface area contributed by atoms with Gasteiger partial charge in [-0.05, 0) is 41.3 Å². The number of methoxy groups -OCH3 is 1. The van der Waals surface area contributed by atoms with Gasteiger partial charge in [-0.3, -0.25) is 4.90 Å². The lowest BCUT2D eigenvalue weighted by Crippen LogP contribution is -2.43. The Morgan fingerprint density at radius 3 is 2.15 bits per heavy atom. The predicted molar refractivity (Wildman–Crippen MR) is 122 cm³/mol. The summed E-state index contributed by atoms with van der Waals surface area (Å²) >= 11 is 0. The highest BCUT2D eigenvalue weighted by Gasteiger charge is 2.32. The highest BCUT2D eigenvalue weighted by Crippen LogP contribution is 2.44. The normalized spacial score (nSPS) is 13.0. The fourth-order valence-electron chi connectivity index (χ4n) is 4.16. The first kappa shape index (κ1) is 22.2. The van der Waals surface area contributed by atoms with E-state index < -0.39 is 18.1 Å². The summed E-state index contributed by atoms with van der Waals surface area (Å²) in [6.45, 7) is 1.36.